The molecule has 2 atom stereocenters. The van der Waals surface area contributed by atoms with Gasteiger partial charge in [-0.05, 0) is 50.1 Å². The number of rotatable bonds is 5. The second-order valence-corrected chi connectivity index (χ2v) is 5.41. The van der Waals surface area contributed by atoms with Crippen molar-refractivity contribution < 1.29 is 9.13 Å². The number of hydrogen-bond acceptors (Lipinski definition) is 2. The molecule has 0 heterocycles. The molecule has 2 aromatic rings. The summed E-state index contributed by atoms with van der Waals surface area (Å²) in [7, 11) is 1.68. The smallest absolute Gasteiger partial charge is 0.123 e. The van der Waals surface area contributed by atoms with Gasteiger partial charge in [-0.15, -0.1) is 0 Å². The van der Waals surface area contributed by atoms with Crippen LogP contribution in [0.5, 0.6) is 5.75 Å². The summed E-state index contributed by atoms with van der Waals surface area (Å²) in [6.07, 6.45) is 0. The number of nitrogens with one attached hydrogen (secondary N) is 1. The van der Waals surface area contributed by atoms with Gasteiger partial charge in [-0.1, -0.05) is 24.3 Å². The molecular weight excluding hydrogens is 265 g/mol. The SMILES string of the molecule is COc1cc(C)ccc1C(C)NC(C)c1cccc(F)c1. The van der Waals surface area contributed by atoms with Gasteiger partial charge in [-0.25, -0.2) is 4.39 Å². The molecule has 21 heavy (non-hydrogen) atoms. The number of aryl methyl sites for hydroxylation is 1. The Morgan fingerprint density at radius 2 is 1.81 bits per heavy atom. The van der Waals surface area contributed by atoms with Crippen molar-refractivity contribution in [3.63, 3.8) is 0 Å². The summed E-state index contributed by atoms with van der Waals surface area (Å²) in [5.41, 5.74) is 3.21. The van der Waals surface area contributed by atoms with Gasteiger partial charge in [0.25, 0.3) is 0 Å². The Kier molecular flexibility index (Phi) is 4.97. The molecule has 0 aliphatic carbocycles. The Balaban J connectivity index is 2.16. The maximum atomic E-state index is 13.3. The van der Waals surface area contributed by atoms with Gasteiger partial charge in [0, 0.05) is 17.6 Å². The van der Waals surface area contributed by atoms with Gasteiger partial charge in [0.2, 0.25) is 0 Å². The van der Waals surface area contributed by atoms with Crippen molar-refractivity contribution >= 4 is 0 Å². The summed E-state index contributed by atoms with van der Waals surface area (Å²) >= 11 is 0. The second kappa shape index (κ2) is 6.72. The zero-order chi connectivity index (χ0) is 15.4. The van der Waals surface area contributed by atoms with Crippen LogP contribution in [0, 0.1) is 12.7 Å². The van der Waals surface area contributed by atoms with E-state index in [0.717, 1.165) is 16.9 Å². The quantitative estimate of drug-likeness (QED) is 0.870. The van der Waals surface area contributed by atoms with Crippen LogP contribution in [0.3, 0.4) is 0 Å². The summed E-state index contributed by atoms with van der Waals surface area (Å²) in [5.74, 6) is 0.670. The molecule has 0 spiro atoms. The largest absolute Gasteiger partial charge is 0.496 e. The summed E-state index contributed by atoms with van der Waals surface area (Å²) in [4.78, 5) is 0. The minimum atomic E-state index is -0.207. The number of methoxy groups -OCH3 is 1. The Hall–Kier alpha value is -1.87. The predicted molar refractivity (Wildman–Crippen MR) is 84.1 cm³/mol. The number of halogens is 1. The average Bonchev–Trinajstić information content (AvgIpc) is 2.46. The third-order valence-corrected chi connectivity index (χ3v) is 3.70. The highest BCUT2D eigenvalue weighted by Gasteiger charge is 2.15. The van der Waals surface area contributed by atoms with Crippen molar-refractivity contribution in [1.29, 1.82) is 0 Å². The van der Waals surface area contributed by atoms with Gasteiger partial charge < -0.3 is 10.1 Å². The van der Waals surface area contributed by atoms with Crippen molar-refractivity contribution in [2.75, 3.05) is 7.11 Å². The fourth-order valence-corrected chi connectivity index (χ4v) is 2.51. The molecule has 0 fully saturated rings. The van der Waals surface area contributed by atoms with Crippen LogP contribution in [0.2, 0.25) is 0 Å². The lowest BCUT2D eigenvalue weighted by atomic mass is 10.0. The first-order valence-corrected chi connectivity index (χ1v) is 7.17. The van der Waals surface area contributed by atoms with Gasteiger partial charge in [-0.2, -0.15) is 0 Å². The zero-order valence-corrected chi connectivity index (χ0v) is 13.0. The third kappa shape index (κ3) is 3.82. The molecule has 112 valence electrons. The molecule has 2 unspecified atom stereocenters. The van der Waals surface area contributed by atoms with Crippen LogP contribution in [0.25, 0.3) is 0 Å². The number of hydrogen-bond donors (Lipinski definition) is 1. The van der Waals surface area contributed by atoms with Crippen LogP contribution in [0.15, 0.2) is 42.5 Å². The standard InChI is InChI=1S/C18H22FNO/c1-12-8-9-17(18(10-12)21-4)14(3)20-13(2)15-6-5-7-16(19)11-15/h5-11,13-14,20H,1-4H3. The minimum absolute atomic E-state index is 0.0571. The van der Waals surface area contributed by atoms with E-state index >= 15 is 0 Å². The zero-order valence-electron chi connectivity index (χ0n) is 13.0. The summed E-state index contributed by atoms with van der Waals surface area (Å²) in [6, 6.07) is 13.0. The van der Waals surface area contributed by atoms with Crippen LogP contribution >= 0.6 is 0 Å². The average molecular weight is 287 g/mol. The van der Waals surface area contributed by atoms with Gasteiger partial charge in [-0.3, -0.25) is 0 Å². The van der Waals surface area contributed by atoms with Crippen LogP contribution in [-0.2, 0) is 0 Å². The maximum absolute atomic E-state index is 13.3. The van der Waals surface area contributed by atoms with E-state index in [-0.39, 0.29) is 17.9 Å². The molecule has 1 N–H and O–H groups in total. The van der Waals surface area contributed by atoms with E-state index in [9.17, 15) is 4.39 Å². The number of ether oxygens (including phenoxy) is 1. The fourth-order valence-electron chi connectivity index (χ4n) is 2.51. The van der Waals surface area contributed by atoms with E-state index in [1.807, 2.05) is 26.0 Å². The van der Waals surface area contributed by atoms with E-state index in [2.05, 4.69) is 24.4 Å². The van der Waals surface area contributed by atoms with Crippen LogP contribution in [0.4, 0.5) is 4.39 Å². The topological polar surface area (TPSA) is 21.3 Å². The molecule has 2 aromatic carbocycles. The first-order chi connectivity index (χ1) is 10.0. The van der Waals surface area contributed by atoms with Crippen LogP contribution < -0.4 is 10.1 Å². The third-order valence-electron chi connectivity index (χ3n) is 3.70. The lowest BCUT2D eigenvalue weighted by Gasteiger charge is -2.22. The van der Waals surface area contributed by atoms with Gasteiger partial charge >= 0.3 is 0 Å². The van der Waals surface area contributed by atoms with E-state index in [1.54, 1.807) is 19.2 Å². The molecule has 0 aromatic heterocycles. The van der Waals surface area contributed by atoms with Gasteiger partial charge in [0.1, 0.15) is 11.6 Å². The molecule has 2 nitrogen and oxygen atoms in total. The molecule has 0 saturated carbocycles. The normalized spacial score (nSPS) is 13.8. The fraction of sp³-hybridized carbons (Fsp3) is 0.333. The van der Waals surface area contributed by atoms with Crippen molar-refractivity contribution in [3.8, 4) is 5.75 Å². The van der Waals surface area contributed by atoms with Crippen molar-refractivity contribution in [3.05, 3.63) is 65.0 Å². The molecule has 0 radical (unpaired) electrons. The van der Waals surface area contributed by atoms with E-state index in [0.29, 0.717) is 0 Å². The molecule has 0 amide bonds. The van der Waals surface area contributed by atoms with Crippen LogP contribution in [-0.4, -0.2) is 7.11 Å². The molecule has 0 aliphatic rings. The molecule has 0 bridgehead atoms. The minimum Gasteiger partial charge on any atom is -0.496 e. The monoisotopic (exact) mass is 287 g/mol. The summed E-state index contributed by atoms with van der Waals surface area (Å²) in [5, 5.41) is 3.49. The Morgan fingerprint density at radius 3 is 2.48 bits per heavy atom. The molecule has 0 aliphatic heterocycles. The number of benzene rings is 2. The summed E-state index contributed by atoms with van der Waals surface area (Å²) in [6.45, 7) is 6.16. The van der Waals surface area contributed by atoms with Crippen molar-refractivity contribution in [2.45, 2.75) is 32.9 Å². The molecule has 0 saturated heterocycles. The van der Waals surface area contributed by atoms with Crippen LogP contribution in [0.1, 0.15) is 42.6 Å². The molecule has 3 heteroatoms. The van der Waals surface area contributed by atoms with E-state index < -0.39 is 0 Å². The highest BCUT2D eigenvalue weighted by Crippen LogP contribution is 2.28. The molecule has 2 rings (SSSR count). The first kappa shape index (κ1) is 15.5. The summed E-state index contributed by atoms with van der Waals surface area (Å²) < 4.78 is 18.8. The predicted octanol–water partition coefficient (Wildman–Crippen LogP) is 4.55. The van der Waals surface area contributed by atoms with Crippen molar-refractivity contribution in [2.24, 2.45) is 0 Å². The van der Waals surface area contributed by atoms with E-state index in [4.69, 9.17) is 4.74 Å². The first-order valence-electron chi connectivity index (χ1n) is 7.17. The lowest BCUT2D eigenvalue weighted by molar-refractivity contribution is 0.396. The van der Waals surface area contributed by atoms with Crippen molar-refractivity contribution in [1.82, 2.24) is 5.32 Å². The Labute approximate surface area is 126 Å². The van der Waals surface area contributed by atoms with Gasteiger partial charge in [0.15, 0.2) is 0 Å². The lowest BCUT2D eigenvalue weighted by Crippen LogP contribution is -2.23. The van der Waals surface area contributed by atoms with Gasteiger partial charge in [0.05, 0.1) is 7.11 Å². The highest BCUT2D eigenvalue weighted by atomic mass is 19.1. The Bertz CT molecular complexity index is 612. The maximum Gasteiger partial charge on any atom is 0.123 e. The Morgan fingerprint density at radius 1 is 1.05 bits per heavy atom. The van der Waals surface area contributed by atoms with E-state index in [1.165, 1.54) is 11.6 Å². The second-order valence-electron chi connectivity index (χ2n) is 5.41. The highest BCUT2D eigenvalue weighted by molar-refractivity contribution is 5.39. The molecular formula is C18H22FNO.